The average molecular weight is 367 g/mol. The monoisotopic (exact) mass is 367 g/mol. The molecule has 2 saturated heterocycles. The third-order valence-electron chi connectivity index (χ3n) is 5.81. The van der Waals surface area contributed by atoms with Gasteiger partial charge in [-0.3, -0.25) is 4.90 Å². The molecule has 2 aliphatic heterocycles. The van der Waals surface area contributed by atoms with E-state index in [0.29, 0.717) is 6.61 Å². The second-order valence-electron chi connectivity index (χ2n) is 7.50. The normalized spacial score (nSPS) is 21.6. The Kier molecular flexibility index (Phi) is 4.10. The average Bonchev–Trinajstić information content (AvgIpc) is 3.28. The van der Waals surface area contributed by atoms with Gasteiger partial charge in [0, 0.05) is 55.5 Å². The van der Waals surface area contributed by atoms with Crippen molar-refractivity contribution in [2.45, 2.75) is 18.6 Å². The van der Waals surface area contributed by atoms with E-state index in [4.69, 9.17) is 9.47 Å². The predicted octanol–water partition coefficient (Wildman–Crippen LogP) is 3.37. The lowest BCUT2D eigenvalue weighted by molar-refractivity contribution is -0.140. The van der Waals surface area contributed by atoms with E-state index in [0.717, 1.165) is 32.7 Å². The fraction of sp³-hybridized carbons (Fsp3) is 0.381. The number of aromatic nitrogens is 2. The molecule has 140 valence electrons. The zero-order valence-corrected chi connectivity index (χ0v) is 15.0. The molecule has 2 aliphatic rings. The van der Waals surface area contributed by atoms with Crippen molar-refractivity contribution in [3.05, 3.63) is 60.2 Å². The summed E-state index contributed by atoms with van der Waals surface area (Å²) in [6.45, 7) is 3.84. The topological polar surface area (TPSA) is 50.4 Å². The van der Waals surface area contributed by atoms with Gasteiger partial charge in [0.05, 0.1) is 12.2 Å². The summed E-state index contributed by atoms with van der Waals surface area (Å²) >= 11 is 0. The first-order valence-electron chi connectivity index (χ1n) is 9.38. The molecule has 6 heteroatoms. The molecule has 1 atom stereocenters. The summed E-state index contributed by atoms with van der Waals surface area (Å²) in [5, 5.41) is 1.27. The van der Waals surface area contributed by atoms with Crippen LogP contribution in [0.4, 0.5) is 4.39 Å². The quantitative estimate of drug-likeness (QED) is 0.751. The van der Waals surface area contributed by atoms with Crippen molar-refractivity contribution < 1.29 is 13.9 Å². The van der Waals surface area contributed by atoms with Crippen LogP contribution in [0.3, 0.4) is 0 Å². The minimum absolute atomic E-state index is 0.0786. The first-order valence-corrected chi connectivity index (χ1v) is 9.38. The number of benzene rings is 1. The zero-order valence-electron chi connectivity index (χ0n) is 15.0. The van der Waals surface area contributed by atoms with E-state index in [2.05, 4.69) is 39.1 Å². The molecule has 0 bridgehead atoms. The SMILES string of the molecule is Fc1cccnc1OC[C@H]1CCOC12CN(Cc1cccc3[nH]ccc13)C2. The Morgan fingerprint density at radius 1 is 1.26 bits per heavy atom. The highest BCUT2D eigenvalue weighted by molar-refractivity contribution is 5.82. The first-order chi connectivity index (χ1) is 13.2. The summed E-state index contributed by atoms with van der Waals surface area (Å²) in [6.07, 6.45) is 4.47. The Bertz CT molecular complexity index is 951. The van der Waals surface area contributed by atoms with Crippen LogP contribution in [0.15, 0.2) is 48.8 Å². The van der Waals surface area contributed by atoms with Crippen LogP contribution in [0.5, 0.6) is 5.88 Å². The highest BCUT2D eigenvalue weighted by atomic mass is 19.1. The Balaban J connectivity index is 1.23. The fourth-order valence-corrected chi connectivity index (χ4v) is 4.38. The molecule has 0 aliphatic carbocycles. The number of ether oxygens (including phenoxy) is 2. The standard InChI is InChI=1S/C21H22FN3O2/c22-18-4-2-8-24-20(18)26-12-16-7-10-27-21(16)13-25(14-21)11-15-3-1-5-19-17(15)6-9-23-19/h1-6,8-9,16,23H,7,10-14H2/t16-/m1/s1. The Morgan fingerprint density at radius 3 is 3.07 bits per heavy atom. The number of hydrogen-bond donors (Lipinski definition) is 1. The highest BCUT2D eigenvalue weighted by Gasteiger charge is 2.53. The van der Waals surface area contributed by atoms with E-state index < -0.39 is 5.82 Å². The van der Waals surface area contributed by atoms with Crippen LogP contribution in [-0.4, -0.2) is 46.8 Å². The molecule has 4 heterocycles. The zero-order chi connectivity index (χ0) is 18.3. The Hall–Kier alpha value is -2.44. The van der Waals surface area contributed by atoms with Gasteiger partial charge in [0.1, 0.15) is 0 Å². The maximum Gasteiger partial charge on any atom is 0.250 e. The number of hydrogen-bond acceptors (Lipinski definition) is 4. The van der Waals surface area contributed by atoms with Gasteiger partial charge >= 0.3 is 0 Å². The summed E-state index contributed by atoms with van der Waals surface area (Å²) in [5.41, 5.74) is 2.32. The number of fused-ring (bicyclic) bond motifs is 1. The summed E-state index contributed by atoms with van der Waals surface area (Å²) in [5.74, 6) is -0.0756. The van der Waals surface area contributed by atoms with Gasteiger partial charge in [0.2, 0.25) is 5.88 Å². The van der Waals surface area contributed by atoms with Crippen LogP contribution in [0.25, 0.3) is 10.9 Å². The van der Waals surface area contributed by atoms with Crippen molar-refractivity contribution in [3.63, 3.8) is 0 Å². The number of nitrogens with one attached hydrogen (secondary N) is 1. The molecule has 5 rings (SSSR count). The molecular formula is C21H22FN3O2. The smallest absolute Gasteiger partial charge is 0.250 e. The number of rotatable bonds is 5. The fourth-order valence-electron chi connectivity index (χ4n) is 4.38. The highest BCUT2D eigenvalue weighted by Crippen LogP contribution is 2.41. The van der Waals surface area contributed by atoms with E-state index >= 15 is 0 Å². The number of aromatic amines is 1. The second kappa shape index (κ2) is 6.62. The Morgan fingerprint density at radius 2 is 2.19 bits per heavy atom. The molecule has 0 radical (unpaired) electrons. The molecule has 0 amide bonds. The molecule has 27 heavy (non-hydrogen) atoms. The molecule has 5 nitrogen and oxygen atoms in total. The van der Waals surface area contributed by atoms with Crippen LogP contribution in [0, 0.1) is 11.7 Å². The molecule has 3 aromatic rings. The van der Waals surface area contributed by atoms with Gasteiger partial charge in [-0.05, 0) is 36.2 Å². The van der Waals surface area contributed by atoms with Gasteiger partial charge in [-0.25, -0.2) is 9.37 Å². The second-order valence-corrected chi connectivity index (χ2v) is 7.50. The van der Waals surface area contributed by atoms with E-state index in [9.17, 15) is 4.39 Å². The molecule has 2 aromatic heterocycles. The molecule has 1 aromatic carbocycles. The van der Waals surface area contributed by atoms with Crippen molar-refractivity contribution >= 4 is 10.9 Å². The largest absolute Gasteiger partial charge is 0.475 e. The van der Waals surface area contributed by atoms with E-state index in [1.54, 1.807) is 12.3 Å². The van der Waals surface area contributed by atoms with Crippen LogP contribution in [0.1, 0.15) is 12.0 Å². The van der Waals surface area contributed by atoms with Crippen molar-refractivity contribution in [1.29, 1.82) is 0 Å². The third-order valence-corrected chi connectivity index (χ3v) is 5.81. The van der Waals surface area contributed by atoms with E-state index in [1.165, 1.54) is 22.5 Å². The number of halogens is 1. The summed E-state index contributed by atoms with van der Waals surface area (Å²) in [7, 11) is 0. The van der Waals surface area contributed by atoms with Crippen LogP contribution < -0.4 is 4.74 Å². The lowest BCUT2D eigenvalue weighted by Crippen LogP contribution is -2.64. The number of likely N-dealkylation sites (tertiary alicyclic amines) is 1. The maximum absolute atomic E-state index is 13.7. The van der Waals surface area contributed by atoms with Gasteiger partial charge in [-0.2, -0.15) is 0 Å². The van der Waals surface area contributed by atoms with Gasteiger partial charge < -0.3 is 14.5 Å². The summed E-state index contributed by atoms with van der Waals surface area (Å²) in [4.78, 5) is 9.64. The molecular weight excluding hydrogens is 345 g/mol. The maximum atomic E-state index is 13.7. The van der Waals surface area contributed by atoms with E-state index in [1.807, 2.05) is 6.20 Å². The lowest BCUT2D eigenvalue weighted by atomic mass is 9.81. The Labute approximate surface area is 157 Å². The third kappa shape index (κ3) is 2.99. The molecule has 1 N–H and O–H groups in total. The molecule has 0 unspecified atom stereocenters. The number of pyridine rings is 1. The van der Waals surface area contributed by atoms with Crippen LogP contribution in [0.2, 0.25) is 0 Å². The van der Waals surface area contributed by atoms with Crippen molar-refractivity contribution in [1.82, 2.24) is 14.9 Å². The van der Waals surface area contributed by atoms with Gasteiger partial charge in [-0.1, -0.05) is 12.1 Å². The van der Waals surface area contributed by atoms with Gasteiger partial charge in [0.25, 0.3) is 0 Å². The molecule has 2 fully saturated rings. The number of H-pyrrole nitrogens is 1. The number of nitrogens with zero attached hydrogens (tertiary/aromatic N) is 2. The van der Waals surface area contributed by atoms with Crippen LogP contribution in [-0.2, 0) is 11.3 Å². The lowest BCUT2D eigenvalue weighted by Gasteiger charge is -2.50. The minimum atomic E-state index is -0.416. The minimum Gasteiger partial charge on any atom is -0.475 e. The van der Waals surface area contributed by atoms with Crippen molar-refractivity contribution in [2.24, 2.45) is 5.92 Å². The predicted molar refractivity (Wildman–Crippen MR) is 100 cm³/mol. The van der Waals surface area contributed by atoms with Crippen molar-refractivity contribution in [2.75, 3.05) is 26.3 Å². The summed E-state index contributed by atoms with van der Waals surface area (Å²) < 4.78 is 25.5. The summed E-state index contributed by atoms with van der Waals surface area (Å²) in [6, 6.07) is 11.4. The van der Waals surface area contributed by atoms with E-state index in [-0.39, 0.29) is 17.4 Å². The molecule has 1 spiro atoms. The first kappa shape index (κ1) is 16.7. The van der Waals surface area contributed by atoms with Gasteiger partial charge in [-0.15, -0.1) is 0 Å². The van der Waals surface area contributed by atoms with Crippen LogP contribution >= 0.6 is 0 Å². The molecule has 0 saturated carbocycles. The van der Waals surface area contributed by atoms with Gasteiger partial charge in [0.15, 0.2) is 5.82 Å². The van der Waals surface area contributed by atoms with Crippen molar-refractivity contribution in [3.8, 4) is 5.88 Å².